The molecule has 4 heteroatoms. The Balaban J connectivity index is 0.00000156. The predicted molar refractivity (Wildman–Crippen MR) is 99.8 cm³/mol. The van der Waals surface area contributed by atoms with Crippen molar-refractivity contribution in [3.8, 4) is 11.1 Å². The van der Waals surface area contributed by atoms with Gasteiger partial charge in [-0.3, -0.25) is 0 Å². The van der Waals surface area contributed by atoms with Gasteiger partial charge in [0.15, 0.2) is 0 Å². The van der Waals surface area contributed by atoms with Crippen LogP contribution in [0.15, 0.2) is 48.0 Å². The number of benzene rings is 2. The van der Waals surface area contributed by atoms with Gasteiger partial charge in [0.25, 0.3) is 0 Å². The van der Waals surface area contributed by atoms with Gasteiger partial charge in [-0.15, -0.1) is 0 Å². The van der Waals surface area contributed by atoms with Gasteiger partial charge < -0.3 is 24.8 Å². The third kappa shape index (κ3) is 4.98. The fourth-order valence-electron chi connectivity index (χ4n) is 3.33. The summed E-state index contributed by atoms with van der Waals surface area (Å²) in [6.45, 7) is 12.0. The predicted octanol–water partition coefficient (Wildman–Crippen LogP) is 0.277. The Kier molecular flexibility index (Phi) is 8.88. The molecule has 2 aromatic rings. The van der Waals surface area contributed by atoms with E-state index in [2.05, 4.69) is 82.4 Å². The van der Waals surface area contributed by atoms with E-state index in [-0.39, 0.29) is 53.1 Å². The van der Waals surface area contributed by atoms with Gasteiger partial charge in [0.2, 0.25) is 0 Å². The van der Waals surface area contributed by atoms with Crippen molar-refractivity contribution in [2.24, 2.45) is 0 Å². The minimum absolute atomic E-state index is 0. The number of hydrogen-bond acceptors (Lipinski definition) is 0. The quantitative estimate of drug-likeness (QED) is 0.567. The first-order valence-electron chi connectivity index (χ1n) is 8.45. The van der Waals surface area contributed by atoms with Crippen LogP contribution in [0.3, 0.4) is 0 Å². The van der Waals surface area contributed by atoms with Crippen LogP contribution in [0.2, 0.25) is 13.1 Å². The second-order valence-electron chi connectivity index (χ2n) is 7.06. The van der Waals surface area contributed by atoms with Crippen LogP contribution >= 0.6 is 0 Å². The van der Waals surface area contributed by atoms with Crippen molar-refractivity contribution in [1.29, 1.82) is 0 Å². The Bertz CT molecular complexity index is 739. The van der Waals surface area contributed by atoms with Gasteiger partial charge >= 0.3 is 154 Å². The van der Waals surface area contributed by atoms with Crippen molar-refractivity contribution in [3.63, 3.8) is 0 Å². The van der Waals surface area contributed by atoms with Crippen molar-refractivity contribution >= 4 is 12.0 Å². The molecule has 1 radical (unpaired) electrons. The van der Waals surface area contributed by atoms with Crippen molar-refractivity contribution in [2.75, 3.05) is 0 Å². The summed E-state index contributed by atoms with van der Waals surface area (Å²) in [6.07, 6.45) is 2.48. The van der Waals surface area contributed by atoms with Gasteiger partial charge in [-0.1, -0.05) is 0 Å². The second-order valence-corrected chi connectivity index (χ2v) is 20.3. The molecule has 0 aliphatic heterocycles. The molecule has 0 saturated carbocycles. The van der Waals surface area contributed by atoms with Gasteiger partial charge in [0, 0.05) is 0 Å². The molecule has 0 heterocycles. The van der Waals surface area contributed by atoms with Crippen LogP contribution in [0.25, 0.3) is 17.2 Å². The number of rotatable bonds is 4. The number of fused-ring (bicyclic) bond motifs is 1. The summed E-state index contributed by atoms with van der Waals surface area (Å²) in [5.74, 6) is 0.514. The van der Waals surface area contributed by atoms with Gasteiger partial charge in [-0.25, -0.2) is 0 Å². The van der Waals surface area contributed by atoms with E-state index in [9.17, 15) is 0 Å². The first kappa shape index (κ1) is 22.9. The smallest absolute Gasteiger partial charge is 1.00 e. The maximum absolute atomic E-state index is 2.52. The molecule has 0 amide bonds. The van der Waals surface area contributed by atoms with Gasteiger partial charge in [-0.2, -0.15) is 0 Å². The van der Waals surface area contributed by atoms with E-state index in [4.69, 9.17) is 0 Å². The number of allylic oxidation sites excluding steroid dienone is 1. The summed E-state index contributed by atoms with van der Waals surface area (Å²) in [6, 6.07) is 15.9. The summed E-state index contributed by atoms with van der Waals surface area (Å²) < 4.78 is 0.804. The number of hydrogen-bond donors (Lipinski definition) is 0. The summed E-state index contributed by atoms with van der Waals surface area (Å²) in [4.78, 5) is 0. The van der Waals surface area contributed by atoms with E-state index in [1.807, 2.05) is 0 Å². The Labute approximate surface area is 177 Å². The normalized spacial score (nSPS) is 15.2. The topological polar surface area (TPSA) is 0 Å². The SMILES string of the molecule is CC1=Cc2c(-c3ccccc3)cc(C(C)C)cc2[CH]1[Zr+2][Si](C)C.[Cl-].[Cl-]. The molecule has 1 atom stereocenters. The monoisotopic (exact) mass is 465 g/mol. The average Bonchev–Trinajstić information content (AvgIpc) is 2.83. The molecule has 0 saturated heterocycles. The molecular weight excluding hydrogens is 442 g/mol. The van der Waals surface area contributed by atoms with Crippen LogP contribution in [0.5, 0.6) is 0 Å². The molecule has 0 aromatic heterocycles. The molecule has 0 N–H and O–H groups in total. The first-order chi connectivity index (χ1) is 11.0. The molecule has 3 rings (SSSR count). The fraction of sp³-hybridized carbons (Fsp3) is 0.333. The standard InChI is InChI=1S/C19H19.C2H6Si.2ClH.Zr/c1-13(2)16-11-17-9-14(3)10-18(17)19(12-16)15-7-5-4-6-8-15;1-3-2;;;/h4-13H,1-3H3;1-2H3;2*1H;/q;;;;+2/p-2. The molecule has 25 heavy (non-hydrogen) atoms. The Morgan fingerprint density at radius 3 is 2.20 bits per heavy atom. The van der Waals surface area contributed by atoms with Crippen LogP contribution in [0.1, 0.15) is 47.0 Å². The summed E-state index contributed by atoms with van der Waals surface area (Å²) in [7, 11) is 0. The third-order valence-electron chi connectivity index (χ3n) is 4.56. The summed E-state index contributed by atoms with van der Waals surface area (Å²) >= 11 is -0.345. The van der Waals surface area contributed by atoms with Gasteiger partial charge in [-0.05, 0) is 0 Å². The molecule has 1 unspecified atom stereocenters. The van der Waals surface area contributed by atoms with Crippen molar-refractivity contribution in [2.45, 2.75) is 43.4 Å². The second kappa shape index (κ2) is 9.70. The minimum Gasteiger partial charge on any atom is -1.00 e. The van der Waals surface area contributed by atoms with E-state index >= 15 is 0 Å². The zero-order valence-electron chi connectivity index (χ0n) is 15.5. The van der Waals surface area contributed by atoms with Crippen molar-refractivity contribution in [1.82, 2.24) is 0 Å². The van der Waals surface area contributed by atoms with Crippen LogP contribution in [-0.2, 0) is 22.4 Å². The molecular formula is C21H25Cl2SiZr. The van der Waals surface area contributed by atoms with Crippen molar-refractivity contribution < 1.29 is 47.2 Å². The van der Waals surface area contributed by atoms with Crippen molar-refractivity contribution in [3.05, 3.63) is 64.7 Å². The molecule has 1 aliphatic rings. The van der Waals surface area contributed by atoms with Crippen LogP contribution in [0, 0.1) is 0 Å². The Morgan fingerprint density at radius 2 is 1.64 bits per heavy atom. The molecule has 0 spiro atoms. The maximum Gasteiger partial charge on any atom is -1.00 e. The van der Waals surface area contributed by atoms with E-state index in [1.165, 1.54) is 22.3 Å². The van der Waals surface area contributed by atoms with E-state index < -0.39 is 0 Å². The van der Waals surface area contributed by atoms with E-state index in [1.54, 1.807) is 11.1 Å². The summed E-state index contributed by atoms with van der Waals surface area (Å²) in [5.41, 5.74) is 9.07. The van der Waals surface area contributed by atoms with Crippen LogP contribution in [0.4, 0.5) is 0 Å². The van der Waals surface area contributed by atoms with Crippen LogP contribution < -0.4 is 24.8 Å². The van der Waals surface area contributed by atoms with E-state index in [0.717, 1.165) is 3.63 Å². The largest absolute Gasteiger partial charge is 1.00 e. The average molecular weight is 468 g/mol. The molecule has 2 aromatic carbocycles. The van der Waals surface area contributed by atoms with Gasteiger partial charge in [0.05, 0.1) is 0 Å². The van der Waals surface area contributed by atoms with Gasteiger partial charge in [0.1, 0.15) is 0 Å². The molecule has 0 bridgehead atoms. The molecule has 0 nitrogen and oxygen atoms in total. The Morgan fingerprint density at radius 1 is 1.00 bits per heavy atom. The fourth-order valence-corrected chi connectivity index (χ4v) is 12.2. The molecule has 1 aliphatic carbocycles. The molecule has 131 valence electrons. The van der Waals surface area contributed by atoms with E-state index in [0.29, 0.717) is 5.92 Å². The first-order valence-corrected chi connectivity index (χ1v) is 16.1. The molecule has 0 fully saturated rings. The van der Waals surface area contributed by atoms with Crippen LogP contribution in [-0.4, -0.2) is 5.92 Å². The number of halogens is 2. The summed E-state index contributed by atoms with van der Waals surface area (Å²) in [5, 5.41) is 0. The third-order valence-corrected chi connectivity index (χ3v) is 13.7. The minimum atomic E-state index is -0.345. The zero-order chi connectivity index (χ0) is 16.6. The Hall–Kier alpha value is -0.140. The maximum atomic E-state index is 2.52. The zero-order valence-corrected chi connectivity index (χ0v) is 20.5.